The maximum atomic E-state index is 10.3. The Hall–Kier alpha value is -0.220. The van der Waals surface area contributed by atoms with E-state index in [2.05, 4.69) is 17.4 Å². The van der Waals surface area contributed by atoms with Crippen LogP contribution in [0.25, 0.3) is 0 Å². The van der Waals surface area contributed by atoms with Gasteiger partial charge in [-0.05, 0) is 30.2 Å². The molecule has 2 unspecified atom stereocenters. The summed E-state index contributed by atoms with van der Waals surface area (Å²) in [6.07, 6.45) is 0.613. The molecule has 0 radical (unpaired) electrons. The fraction of sp³-hybridized carbons (Fsp3) is 0.538. The highest BCUT2D eigenvalue weighted by Gasteiger charge is 2.21. The Bertz CT molecular complexity index is 386. The SMILES string of the molecule is CCNC(CCl)C(O)c1ccc2c(c1)SCC2. The summed E-state index contributed by atoms with van der Waals surface area (Å²) in [4.78, 5) is 1.31. The highest BCUT2D eigenvalue weighted by molar-refractivity contribution is 7.99. The van der Waals surface area contributed by atoms with Crippen molar-refractivity contribution in [1.82, 2.24) is 5.32 Å². The number of likely N-dealkylation sites (N-methyl/N-ethyl adjacent to an activating group) is 1. The van der Waals surface area contributed by atoms with Crippen LogP contribution in [0.3, 0.4) is 0 Å². The molecule has 0 aromatic heterocycles. The van der Waals surface area contributed by atoms with E-state index in [1.807, 2.05) is 24.8 Å². The smallest absolute Gasteiger partial charge is 0.0955 e. The molecule has 1 aromatic carbocycles. The van der Waals surface area contributed by atoms with Crippen molar-refractivity contribution < 1.29 is 5.11 Å². The van der Waals surface area contributed by atoms with Gasteiger partial charge in [0.15, 0.2) is 0 Å². The summed E-state index contributed by atoms with van der Waals surface area (Å²) in [5.41, 5.74) is 2.36. The minimum Gasteiger partial charge on any atom is -0.387 e. The molecule has 17 heavy (non-hydrogen) atoms. The second-order valence-corrected chi connectivity index (χ2v) is 5.67. The maximum Gasteiger partial charge on any atom is 0.0955 e. The topological polar surface area (TPSA) is 32.3 Å². The lowest BCUT2D eigenvalue weighted by Crippen LogP contribution is -2.36. The van der Waals surface area contributed by atoms with E-state index in [0.717, 1.165) is 24.3 Å². The lowest BCUT2D eigenvalue weighted by atomic mass is 10.0. The summed E-state index contributed by atoms with van der Waals surface area (Å²) in [5.74, 6) is 1.57. The van der Waals surface area contributed by atoms with Crippen LogP contribution in [0, 0.1) is 0 Å². The summed E-state index contributed by atoms with van der Waals surface area (Å²) in [6, 6.07) is 6.18. The molecule has 2 nitrogen and oxygen atoms in total. The standard InChI is InChI=1S/C13H18ClNOS/c1-2-15-11(8-14)13(16)10-4-3-9-5-6-17-12(9)7-10/h3-4,7,11,13,15-16H,2,5-6,8H2,1H3. The van der Waals surface area contributed by atoms with E-state index in [4.69, 9.17) is 11.6 Å². The highest BCUT2D eigenvalue weighted by Crippen LogP contribution is 2.33. The molecule has 1 aromatic rings. The Labute approximate surface area is 112 Å². The molecular weight excluding hydrogens is 254 g/mol. The third kappa shape index (κ3) is 2.97. The molecule has 2 atom stereocenters. The Morgan fingerprint density at radius 3 is 3.06 bits per heavy atom. The predicted molar refractivity (Wildman–Crippen MR) is 74.0 cm³/mol. The second-order valence-electron chi connectivity index (χ2n) is 4.23. The van der Waals surface area contributed by atoms with Gasteiger partial charge in [0.05, 0.1) is 12.1 Å². The van der Waals surface area contributed by atoms with Gasteiger partial charge in [-0.25, -0.2) is 0 Å². The van der Waals surface area contributed by atoms with Crippen LogP contribution in [0.15, 0.2) is 23.1 Å². The van der Waals surface area contributed by atoms with Crippen molar-refractivity contribution in [3.63, 3.8) is 0 Å². The van der Waals surface area contributed by atoms with Crippen LogP contribution >= 0.6 is 23.4 Å². The first-order valence-electron chi connectivity index (χ1n) is 5.99. The largest absolute Gasteiger partial charge is 0.387 e. The van der Waals surface area contributed by atoms with E-state index in [9.17, 15) is 5.11 Å². The van der Waals surface area contributed by atoms with Gasteiger partial charge < -0.3 is 10.4 Å². The van der Waals surface area contributed by atoms with Crippen LogP contribution in [0.5, 0.6) is 0 Å². The molecule has 0 saturated carbocycles. The Kier molecular flexibility index (Phi) is 4.74. The van der Waals surface area contributed by atoms with Gasteiger partial charge in [0, 0.05) is 16.5 Å². The zero-order valence-electron chi connectivity index (χ0n) is 9.95. The average Bonchev–Trinajstić information content (AvgIpc) is 2.82. The van der Waals surface area contributed by atoms with E-state index < -0.39 is 6.10 Å². The van der Waals surface area contributed by atoms with Crippen molar-refractivity contribution in [2.24, 2.45) is 0 Å². The van der Waals surface area contributed by atoms with Crippen molar-refractivity contribution in [3.8, 4) is 0 Å². The number of aryl methyl sites for hydroxylation is 1. The molecule has 1 aliphatic heterocycles. The molecule has 0 spiro atoms. The van der Waals surface area contributed by atoms with E-state index in [1.165, 1.54) is 10.5 Å². The van der Waals surface area contributed by atoms with Crippen molar-refractivity contribution in [1.29, 1.82) is 0 Å². The van der Waals surface area contributed by atoms with Gasteiger partial charge >= 0.3 is 0 Å². The normalized spacial score (nSPS) is 17.8. The number of nitrogens with one attached hydrogen (secondary N) is 1. The van der Waals surface area contributed by atoms with Crippen LogP contribution in [0.4, 0.5) is 0 Å². The number of aliphatic hydroxyl groups excluding tert-OH is 1. The second kappa shape index (κ2) is 6.10. The number of hydrogen-bond acceptors (Lipinski definition) is 3. The number of thioether (sulfide) groups is 1. The highest BCUT2D eigenvalue weighted by atomic mass is 35.5. The zero-order valence-corrected chi connectivity index (χ0v) is 11.5. The number of hydrogen-bond donors (Lipinski definition) is 2. The average molecular weight is 272 g/mol. The summed E-state index contributed by atoms with van der Waals surface area (Å²) in [6.45, 7) is 2.83. The van der Waals surface area contributed by atoms with Crippen LogP contribution in [-0.2, 0) is 6.42 Å². The van der Waals surface area contributed by atoms with E-state index in [0.29, 0.717) is 5.88 Å². The van der Waals surface area contributed by atoms with Gasteiger partial charge in [0.25, 0.3) is 0 Å². The third-order valence-electron chi connectivity index (χ3n) is 3.08. The minimum absolute atomic E-state index is 0.0777. The fourth-order valence-corrected chi connectivity index (χ4v) is 3.51. The summed E-state index contributed by atoms with van der Waals surface area (Å²) >= 11 is 7.75. The van der Waals surface area contributed by atoms with E-state index >= 15 is 0 Å². The summed E-state index contributed by atoms with van der Waals surface area (Å²) in [7, 11) is 0. The van der Waals surface area contributed by atoms with E-state index in [-0.39, 0.29) is 6.04 Å². The van der Waals surface area contributed by atoms with Crippen molar-refractivity contribution >= 4 is 23.4 Å². The molecule has 0 fully saturated rings. The minimum atomic E-state index is -0.529. The molecule has 0 amide bonds. The van der Waals surface area contributed by atoms with Crippen LogP contribution in [0.2, 0.25) is 0 Å². The van der Waals surface area contributed by atoms with Gasteiger partial charge in [-0.15, -0.1) is 23.4 Å². The number of aliphatic hydroxyl groups is 1. The molecule has 0 bridgehead atoms. The van der Waals surface area contributed by atoms with Crippen LogP contribution in [0.1, 0.15) is 24.2 Å². The molecule has 1 aliphatic rings. The molecule has 0 saturated heterocycles. The molecular formula is C13H18ClNOS. The van der Waals surface area contributed by atoms with Gasteiger partial charge in [-0.1, -0.05) is 19.1 Å². The fourth-order valence-electron chi connectivity index (χ4n) is 2.11. The van der Waals surface area contributed by atoms with Gasteiger partial charge in [0.2, 0.25) is 0 Å². The predicted octanol–water partition coefficient (Wildman–Crippen LogP) is 2.59. The number of rotatable bonds is 5. The van der Waals surface area contributed by atoms with Gasteiger partial charge in [0.1, 0.15) is 0 Å². The number of fused-ring (bicyclic) bond motifs is 1. The first-order valence-corrected chi connectivity index (χ1v) is 7.51. The Morgan fingerprint density at radius 2 is 2.35 bits per heavy atom. The van der Waals surface area contributed by atoms with Crippen LogP contribution in [-0.4, -0.2) is 29.3 Å². The zero-order chi connectivity index (χ0) is 12.3. The van der Waals surface area contributed by atoms with Crippen LogP contribution < -0.4 is 5.32 Å². The summed E-state index contributed by atoms with van der Waals surface area (Å²) in [5, 5.41) is 13.5. The first kappa shape index (κ1) is 13.2. The Balaban J connectivity index is 2.15. The lowest BCUT2D eigenvalue weighted by molar-refractivity contribution is 0.138. The first-order chi connectivity index (χ1) is 8.26. The molecule has 1 heterocycles. The molecule has 4 heteroatoms. The molecule has 2 rings (SSSR count). The number of halogens is 1. The number of benzene rings is 1. The Morgan fingerprint density at radius 1 is 1.53 bits per heavy atom. The molecule has 2 N–H and O–H groups in total. The third-order valence-corrected chi connectivity index (χ3v) is 4.51. The van der Waals surface area contributed by atoms with Gasteiger partial charge in [-0.3, -0.25) is 0 Å². The van der Waals surface area contributed by atoms with Crippen molar-refractivity contribution in [3.05, 3.63) is 29.3 Å². The monoisotopic (exact) mass is 271 g/mol. The maximum absolute atomic E-state index is 10.3. The quantitative estimate of drug-likeness (QED) is 0.808. The van der Waals surface area contributed by atoms with Crippen molar-refractivity contribution in [2.75, 3.05) is 18.2 Å². The number of alkyl halides is 1. The molecule has 94 valence electrons. The lowest BCUT2D eigenvalue weighted by Gasteiger charge is -2.22. The summed E-state index contributed by atoms with van der Waals surface area (Å²) < 4.78 is 0. The van der Waals surface area contributed by atoms with Crippen molar-refractivity contribution in [2.45, 2.75) is 30.4 Å². The van der Waals surface area contributed by atoms with Gasteiger partial charge in [-0.2, -0.15) is 0 Å². The van der Waals surface area contributed by atoms with E-state index in [1.54, 1.807) is 0 Å². The molecule has 0 aliphatic carbocycles.